The minimum absolute atomic E-state index is 0.165. The fraction of sp³-hybridized carbons (Fsp3) is 0.278. The number of esters is 1. The molecule has 0 aliphatic carbocycles. The number of carbonyl (C=O) groups is 1. The molecule has 3 nitrogen and oxygen atoms in total. The minimum atomic E-state index is -0.244. The number of para-hydroxylation sites is 1. The summed E-state index contributed by atoms with van der Waals surface area (Å²) in [5.74, 6) is 1.71. The van der Waals surface area contributed by atoms with E-state index in [4.69, 9.17) is 9.47 Å². The van der Waals surface area contributed by atoms with Crippen molar-refractivity contribution in [3.05, 3.63) is 57.6 Å². The van der Waals surface area contributed by atoms with Gasteiger partial charge in [-0.3, -0.25) is 4.79 Å². The molecule has 2 aromatic rings. The third-order valence-corrected chi connectivity index (χ3v) is 4.46. The van der Waals surface area contributed by atoms with Crippen LogP contribution in [0.5, 0.6) is 11.5 Å². The average Bonchev–Trinajstić information content (AvgIpc) is 2.50. The summed E-state index contributed by atoms with van der Waals surface area (Å²) in [6, 6.07) is 12.3. The van der Waals surface area contributed by atoms with Crippen LogP contribution < -0.4 is 4.74 Å². The van der Waals surface area contributed by atoms with E-state index in [0.717, 1.165) is 33.5 Å². The lowest BCUT2D eigenvalue weighted by Crippen LogP contribution is -2.09. The van der Waals surface area contributed by atoms with Crippen LogP contribution in [0.4, 0.5) is 0 Å². The lowest BCUT2D eigenvalue weighted by molar-refractivity contribution is -0.141. The van der Waals surface area contributed by atoms with Crippen LogP contribution in [0.15, 0.2) is 40.9 Å². The van der Waals surface area contributed by atoms with E-state index in [1.807, 2.05) is 24.3 Å². The van der Waals surface area contributed by atoms with Crippen LogP contribution in [-0.4, -0.2) is 12.6 Å². The van der Waals surface area contributed by atoms with Crippen molar-refractivity contribution in [2.45, 2.75) is 26.2 Å². The normalized spacial score (nSPS) is 13.6. The summed E-state index contributed by atoms with van der Waals surface area (Å²) < 4.78 is 12.1. The number of benzene rings is 2. The quantitative estimate of drug-likeness (QED) is 0.628. The highest BCUT2D eigenvalue weighted by Gasteiger charge is 2.20. The van der Waals surface area contributed by atoms with Crippen LogP contribution in [0.3, 0.4) is 0 Å². The molecule has 2 aromatic carbocycles. The van der Waals surface area contributed by atoms with E-state index in [1.54, 1.807) is 0 Å². The van der Waals surface area contributed by atoms with E-state index in [9.17, 15) is 4.79 Å². The SMILES string of the molecule is CC(=O)OCC(C)c1ccc2c(c1)Cc1cccc(Br)c1O2. The zero-order chi connectivity index (χ0) is 15.7. The molecule has 1 unspecified atom stereocenters. The van der Waals surface area contributed by atoms with Crippen LogP contribution in [0.25, 0.3) is 0 Å². The van der Waals surface area contributed by atoms with Gasteiger partial charge in [0.15, 0.2) is 0 Å². The second-order valence-corrected chi connectivity index (χ2v) is 6.43. The van der Waals surface area contributed by atoms with Gasteiger partial charge in [0.1, 0.15) is 11.5 Å². The molecule has 4 heteroatoms. The number of fused-ring (bicyclic) bond motifs is 2. The molecule has 0 saturated carbocycles. The number of hydrogen-bond donors (Lipinski definition) is 0. The summed E-state index contributed by atoms with van der Waals surface area (Å²) in [6.07, 6.45) is 0.845. The first-order valence-corrected chi connectivity index (χ1v) is 8.05. The summed E-state index contributed by atoms with van der Waals surface area (Å²) in [6.45, 7) is 3.89. The highest BCUT2D eigenvalue weighted by atomic mass is 79.9. The Morgan fingerprint density at radius 3 is 2.91 bits per heavy atom. The van der Waals surface area contributed by atoms with Gasteiger partial charge in [0, 0.05) is 24.8 Å². The molecule has 114 valence electrons. The molecule has 1 heterocycles. The number of hydrogen-bond acceptors (Lipinski definition) is 3. The molecule has 0 aromatic heterocycles. The molecule has 0 N–H and O–H groups in total. The summed E-state index contributed by atoms with van der Waals surface area (Å²) in [5, 5.41) is 0. The lowest BCUT2D eigenvalue weighted by Gasteiger charge is -2.23. The molecule has 0 bridgehead atoms. The topological polar surface area (TPSA) is 35.5 Å². The molecular formula is C18H17BrO3. The maximum absolute atomic E-state index is 10.9. The van der Waals surface area contributed by atoms with Crippen molar-refractivity contribution >= 4 is 21.9 Å². The second kappa shape index (κ2) is 6.13. The first-order valence-electron chi connectivity index (χ1n) is 7.26. The third-order valence-electron chi connectivity index (χ3n) is 3.83. The number of ether oxygens (including phenoxy) is 2. The maximum Gasteiger partial charge on any atom is 0.302 e. The van der Waals surface area contributed by atoms with E-state index < -0.39 is 0 Å². The zero-order valence-corrected chi connectivity index (χ0v) is 14.1. The highest BCUT2D eigenvalue weighted by molar-refractivity contribution is 9.10. The van der Waals surface area contributed by atoms with Crippen molar-refractivity contribution in [1.82, 2.24) is 0 Å². The fourth-order valence-electron chi connectivity index (χ4n) is 2.60. The molecule has 0 saturated heterocycles. The van der Waals surface area contributed by atoms with Crippen LogP contribution in [0, 0.1) is 0 Å². The van der Waals surface area contributed by atoms with Crippen LogP contribution in [-0.2, 0) is 16.0 Å². The molecule has 0 radical (unpaired) electrons. The highest BCUT2D eigenvalue weighted by Crippen LogP contribution is 2.41. The Balaban J connectivity index is 1.84. The van der Waals surface area contributed by atoms with Gasteiger partial charge >= 0.3 is 5.97 Å². The van der Waals surface area contributed by atoms with Gasteiger partial charge in [-0.25, -0.2) is 0 Å². The molecule has 0 fully saturated rings. The lowest BCUT2D eigenvalue weighted by atomic mass is 9.94. The van der Waals surface area contributed by atoms with Crippen molar-refractivity contribution in [2.75, 3.05) is 6.61 Å². The molecule has 1 atom stereocenters. The largest absolute Gasteiger partial charge is 0.465 e. The summed E-state index contributed by atoms with van der Waals surface area (Å²) >= 11 is 3.53. The summed E-state index contributed by atoms with van der Waals surface area (Å²) in [5.41, 5.74) is 3.49. The van der Waals surface area contributed by atoms with Crippen molar-refractivity contribution in [1.29, 1.82) is 0 Å². The Hall–Kier alpha value is -1.81. The van der Waals surface area contributed by atoms with Crippen LogP contribution >= 0.6 is 15.9 Å². The Morgan fingerprint density at radius 2 is 2.14 bits per heavy atom. The van der Waals surface area contributed by atoms with Gasteiger partial charge < -0.3 is 9.47 Å². The van der Waals surface area contributed by atoms with E-state index in [1.165, 1.54) is 12.5 Å². The van der Waals surface area contributed by atoms with Gasteiger partial charge in [-0.1, -0.05) is 31.2 Å². The second-order valence-electron chi connectivity index (χ2n) is 5.58. The van der Waals surface area contributed by atoms with E-state index in [-0.39, 0.29) is 11.9 Å². The predicted molar refractivity (Wildman–Crippen MR) is 88.5 cm³/mol. The molecule has 1 aliphatic heterocycles. The average molecular weight is 361 g/mol. The molecule has 3 rings (SSSR count). The van der Waals surface area contributed by atoms with Gasteiger partial charge in [-0.2, -0.15) is 0 Å². The standard InChI is InChI=1S/C18H17BrO3/c1-11(10-21-12(2)20)13-6-7-17-15(8-13)9-14-4-3-5-16(19)18(14)22-17/h3-8,11H,9-10H2,1-2H3. The van der Waals surface area contributed by atoms with E-state index >= 15 is 0 Å². The van der Waals surface area contributed by atoms with Crippen molar-refractivity contribution in [3.8, 4) is 11.5 Å². The Labute approximate surface area is 138 Å². The van der Waals surface area contributed by atoms with Crippen molar-refractivity contribution < 1.29 is 14.3 Å². The van der Waals surface area contributed by atoms with E-state index in [2.05, 4.69) is 35.0 Å². The van der Waals surface area contributed by atoms with Gasteiger partial charge in [0.2, 0.25) is 0 Å². The predicted octanol–water partition coefficient (Wildman–Crippen LogP) is 4.81. The van der Waals surface area contributed by atoms with Gasteiger partial charge in [0.25, 0.3) is 0 Å². The Morgan fingerprint density at radius 1 is 1.32 bits per heavy atom. The van der Waals surface area contributed by atoms with Crippen LogP contribution in [0.2, 0.25) is 0 Å². The monoisotopic (exact) mass is 360 g/mol. The smallest absolute Gasteiger partial charge is 0.302 e. The number of carbonyl (C=O) groups excluding carboxylic acids is 1. The molecule has 1 aliphatic rings. The molecule has 0 amide bonds. The first-order chi connectivity index (χ1) is 10.5. The Kier molecular flexibility index (Phi) is 4.21. The first kappa shape index (κ1) is 15.1. The molecule has 22 heavy (non-hydrogen) atoms. The molecular weight excluding hydrogens is 344 g/mol. The number of halogens is 1. The maximum atomic E-state index is 10.9. The molecule has 0 spiro atoms. The van der Waals surface area contributed by atoms with Gasteiger partial charge in [-0.05, 0) is 39.2 Å². The number of rotatable bonds is 3. The van der Waals surface area contributed by atoms with Gasteiger partial charge in [0.05, 0.1) is 11.1 Å². The van der Waals surface area contributed by atoms with Crippen LogP contribution in [0.1, 0.15) is 36.5 Å². The fourth-order valence-corrected chi connectivity index (χ4v) is 3.09. The Bertz CT molecular complexity index is 724. The minimum Gasteiger partial charge on any atom is -0.465 e. The van der Waals surface area contributed by atoms with Crippen molar-refractivity contribution in [2.24, 2.45) is 0 Å². The van der Waals surface area contributed by atoms with E-state index in [0.29, 0.717) is 6.61 Å². The zero-order valence-electron chi connectivity index (χ0n) is 12.6. The summed E-state index contributed by atoms with van der Waals surface area (Å²) in [7, 11) is 0. The third kappa shape index (κ3) is 3.02. The van der Waals surface area contributed by atoms with Crippen molar-refractivity contribution in [3.63, 3.8) is 0 Å². The summed E-state index contributed by atoms with van der Waals surface area (Å²) in [4.78, 5) is 10.9. The van der Waals surface area contributed by atoms with Gasteiger partial charge in [-0.15, -0.1) is 0 Å².